The fourth-order valence-electron chi connectivity index (χ4n) is 3.33. The molecule has 1 atom stereocenters. The van der Waals surface area contributed by atoms with Gasteiger partial charge in [-0.15, -0.1) is 0 Å². The number of methoxy groups -OCH3 is 1. The van der Waals surface area contributed by atoms with Crippen LogP contribution in [0.5, 0.6) is 0 Å². The molecule has 0 fully saturated rings. The van der Waals surface area contributed by atoms with Crippen molar-refractivity contribution in [3.05, 3.63) is 40.5 Å². The summed E-state index contributed by atoms with van der Waals surface area (Å²) in [7, 11) is 1.70. The maximum absolute atomic E-state index is 12.9. The zero-order valence-corrected chi connectivity index (χ0v) is 14.2. The van der Waals surface area contributed by atoms with Gasteiger partial charge in [0, 0.05) is 49.3 Å². The summed E-state index contributed by atoms with van der Waals surface area (Å²) in [5.41, 5.74) is 4.86. The van der Waals surface area contributed by atoms with Gasteiger partial charge in [-0.05, 0) is 26.8 Å². The minimum Gasteiger partial charge on any atom is -0.384 e. The highest BCUT2D eigenvalue weighted by Gasteiger charge is 2.31. The topological polar surface area (TPSA) is 63.2 Å². The fourth-order valence-corrected chi connectivity index (χ4v) is 3.33. The van der Waals surface area contributed by atoms with Gasteiger partial charge in [0.25, 0.3) is 5.91 Å². The van der Waals surface area contributed by atoms with E-state index in [0.717, 1.165) is 29.2 Å². The molecule has 3 heterocycles. The van der Waals surface area contributed by atoms with Gasteiger partial charge in [-0.2, -0.15) is 5.10 Å². The predicted octanol–water partition coefficient (Wildman–Crippen LogP) is 2.23. The lowest BCUT2D eigenvalue weighted by Gasteiger charge is -2.31. The Morgan fingerprint density at radius 1 is 1.48 bits per heavy atom. The van der Waals surface area contributed by atoms with Gasteiger partial charge in [0.15, 0.2) is 0 Å². The number of nitrogens with zero attached hydrogens (tertiary/aromatic N) is 3. The van der Waals surface area contributed by atoms with Crippen molar-refractivity contribution in [1.82, 2.24) is 19.7 Å². The van der Waals surface area contributed by atoms with Crippen molar-refractivity contribution in [3.63, 3.8) is 0 Å². The van der Waals surface area contributed by atoms with Crippen LogP contribution in [0, 0.1) is 13.8 Å². The first-order chi connectivity index (χ1) is 11.0. The van der Waals surface area contributed by atoms with Crippen LogP contribution >= 0.6 is 0 Å². The maximum atomic E-state index is 12.9. The molecular weight excluding hydrogens is 292 g/mol. The van der Waals surface area contributed by atoms with Crippen LogP contribution in [0.2, 0.25) is 0 Å². The summed E-state index contributed by atoms with van der Waals surface area (Å²) < 4.78 is 7.30. The number of carbonyl (C=O) groups is 1. The maximum Gasteiger partial charge on any atom is 0.256 e. The molecule has 3 rings (SSSR count). The lowest BCUT2D eigenvalue weighted by Crippen LogP contribution is -2.39. The first-order valence-corrected chi connectivity index (χ1v) is 8.04. The normalized spacial score (nSPS) is 17.4. The number of hydrogen-bond acceptors (Lipinski definition) is 3. The van der Waals surface area contributed by atoms with Crippen molar-refractivity contribution < 1.29 is 9.53 Å². The minimum absolute atomic E-state index is 0.0599. The van der Waals surface area contributed by atoms with E-state index in [2.05, 4.69) is 23.2 Å². The third kappa shape index (κ3) is 2.91. The third-order valence-corrected chi connectivity index (χ3v) is 4.45. The molecule has 1 aliphatic heterocycles. The number of aromatic nitrogens is 3. The van der Waals surface area contributed by atoms with Crippen LogP contribution in [0.15, 0.2) is 12.3 Å². The Hall–Kier alpha value is -2.08. The molecule has 0 saturated heterocycles. The average molecular weight is 316 g/mol. The van der Waals surface area contributed by atoms with Crippen LogP contribution in [0.3, 0.4) is 0 Å². The van der Waals surface area contributed by atoms with Gasteiger partial charge in [-0.1, -0.05) is 0 Å². The van der Waals surface area contributed by atoms with Crippen molar-refractivity contribution in [3.8, 4) is 0 Å². The first kappa shape index (κ1) is 15.8. The van der Waals surface area contributed by atoms with Crippen molar-refractivity contribution in [2.24, 2.45) is 0 Å². The van der Waals surface area contributed by atoms with E-state index < -0.39 is 0 Å². The Balaban J connectivity index is 1.90. The number of H-pyrrole nitrogens is 1. The molecule has 6 heteroatoms. The smallest absolute Gasteiger partial charge is 0.256 e. The van der Waals surface area contributed by atoms with Crippen LogP contribution in [0.25, 0.3) is 0 Å². The molecule has 0 unspecified atom stereocenters. The Morgan fingerprint density at radius 3 is 2.87 bits per heavy atom. The summed E-state index contributed by atoms with van der Waals surface area (Å²) >= 11 is 0. The van der Waals surface area contributed by atoms with E-state index in [1.165, 1.54) is 5.56 Å². The Bertz CT molecular complexity index is 716. The number of rotatable bonds is 4. The van der Waals surface area contributed by atoms with Crippen molar-refractivity contribution in [2.75, 3.05) is 20.3 Å². The summed E-state index contributed by atoms with van der Waals surface area (Å²) in [5, 5.41) is 4.62. The minimum atomic E-state index is 0.0599. The SMILES string of the molecule is CCn1cc2c(n1)CN(C(=O)c1cc(C)[nH]c1C)C[C@H]2COC. The molecule has 1 N–H and O–H groups in total. The Labute approximate surface area is 136 Å². The first-order valence-electron chi connectivity index (χ1n) is 8.04. The molecule has 23 heavy (non-hydrogen) atoms. The second-order valence-electron chi connectivity index (χ2n) is 6.22. The van der Waals surface area contributed by atoms with E-state index in [4.69, 9.17) is 4.74 Å². The lowest BCUT2D eigenvalue weighted by molar-refractivity contribution is 0.0677. The van der Waals surface area contributed by atoms with Gasteiger partial charge in [-0.3, -0.25) is 9.48 Å². The van der Waals surface area contributed by atoms with Gasteiger partial charge in [-0.25, -0.2) is 0 Å². The van der Waals surface area contributed by atoms with Crippen molar-refractivity contribution in [2.45, 2.75) is 39.8 Å². The Kier molecular flexibility index (Phi) is 4.26. The van der Waals surface area contributed by atoms with E-state index in [-0.39, 0.29) is 11.8 Å². The van der Waals surface area contributed by atoms with E-state index in [1.54, 1.807) is 7.11 Å². The quantitative estimate of drug-likeness (QED) is 0.941. The molecule has 0 aromatic carbocycles. The lowest BCUT2D eigenvalue weighted by atomic mass is 9.95. The molecular formula is C17H24N4O2. The number of carbonyl (C=O) groups excluding carboxylic acids is 1. The molecule has 124 valence electrons. The second-order valence-corrected chi connectivity index (χ2v) is 6.22. The summed E-state index contributed by atoms with van der Waals surface area (Å²) in [6.45, 7) is 8.62. The number of aryl methyl sites for hydroxylation is 3. The summed E-state index contributed by atoms with van der Waals surface area (Å²) in [6.07, 6.45) is 2.09. The van der Waals surface area contributed by atoms with Crippen LogP contribution in [0.4, 0.5) is 0 Å². The summed E-state index contributed by atoms with van der Waals surface area (Å²) in [4.78, 5) is 18.0. The molecule has 0 radical (unpaired) electrons. The molecule has 0 spiro atoms. The highest BCUT2D eigenvalue weighted by Crippen LogP contribution is 2.29. The number of hydrogen-bond donors (Lipinski definition) is 1. The van der Waals surface area contributed by atoms with Crippen molar-refractivity contribution in [1.29, 1.82) is 0 Å². The number of ether oxygens (including phenoxy) is 1. The number of nitrogens with one attached hydrogen (secondary N) is 1. The van der Waals surface area contributed by atoms with Crippen LogP contribution in [-0.2, 0) is 17.8 Å². The molecule has 1 aliphatic rings. The molecule has 2 aromatic rings. The number of aromatic amines is 1. The highest BCUT2D eigenvalue weighted by molar-refractivity contribution is 5.95. The van der Waals surface area contributed by atoms with E-state index >= 15 is 0 Å². The van der Waals surface area contributed by atoms with E-state index in [9.17, 15) is 4.79 Å². The van der Waals surface area contributed by atoms with Gasteiger partial charge < -0.3 is 14.6 Å². The largest absolute Gasteiger partial charge is 0.384 e. The zero-order valence-electron chi connectivity index (χ0n) is 14.2. The zero-order chi connectivity index (χ0) is 16.6. The van der Waals surface area contributed by atoms with Gasteiger partial charge >= 0.3 is 0 Å². The van der Waals surface area contributed by atoms with Crippen molar-refractivity contribution >= 4 is 5.91 Å². The molecule has 0 bridgehead atoms. The fraction of sp³-hybridized carbons (Fsp3) is 0.529. The molecule has 1 amide bonds. The van der Waals surface area contributed by atoms with Crippen LogP contribution < -0.4 is 0 Å². The van der Waals surface area contributed by atoms with Crippen LogP contribution in [-0.4, -0.2) is 45.8 Å². The van der Waals surface area contributed by atoms with Crippen LogP contribution in [0.1, 0.15) is 45.8 Å². The summed E-state index contributed by atoms with van der Waals surface area (Å²) in [5.74, 6) is 0.234. The molecule has 0 saturated carbocycles. The van der Waals surface area contributed by atoms with Gasteiger partial charge in [0.05, 0.1) is 24.4 Å². The molecule has 2 aromatic heterocycles. The standard InChI is InChI=1S/C17H24N4O2/c1-5-21-8-15-13(10-23-4)7-20(9-16(15)19-21)17(22)14-6-11(2)18-12(14)3/h6,8,13,18H,5,7,9-10H2,1-4H3/t13-/m0/s1. The molecule has 0 aliphatic carbocycles. The Morgan fingerprint density at radius 2 is 2.26 bits per heavy atom. The van der Waals surface area contributed by atoms with Gasteiger partial charge in [0.2, 0.25) is 0 Å². The monoisotopic (exact) mass is 316 g/mol. The van der Waals surface area contributed by atoms with Gasteiger partial charge in [0.1, 0.15) is 0 Å². The molecule has 6 nitrogen and oxygen atoms in total. The highest BCUT2D eigenvalue weighted by atomic mass is 16.5. The van der Waals surface area contributed by atoms with E-state index in [1.807, 2.05) is 29.5 Å². The number of amides is 1. The second kappa shape index (κ2) is 6.20. The predicted molar refractivity (Wildman–Crippen MR) is 87.5 cm³/mol. The average Bonchev–Trinajstić information content (AvgIpc) is 3.09. The third-order valence-electron chi connectivity index (χ3n) is 4.45. The van der Waals surface area contributed by atoms with E-state index in [0.29, 0.717) is 19.7 Å². The summed E-state index contributed by atoms with van der Waals surface area (Å²) in [6, 6.07) is 1.92. The number of fused-ring (bicyclic) bond motifs is 1.